The number of alkyl halides is 6. The fraction of sp³-hybridized carbons (Fsp3) is 0.364. The third-order valence-electron chi connectivity index (χ3n) is 2.10. The highest BCUT2D eigenvalue weighted by Crippen LogP contribution is 2.36. The molecule has 0 amide bonds. The van der Waals surface area contributed by atoms with Crippen LogP contribution in [0.5, 0.6) is 0 Å². The van der Waals surface area contributed by atoms with E-state index in [0.717, 1.165) is 0 Å². The van der Waals surface area contributed by atoms with Gasteiger partial charge in [0.1, 0.15) is 0 Å². The molecule has 19 heavy (non-hydrogen) atoms. The molecule has 1 rings (SSSR count). The highest BCUT2D eigenvalue weighted by atomic mass is 32.2. The van der Waals surface area contributed by atoms with Gasteiger partial charge in [-0.1, -0.05) is 18.7 Å². The van der Waals surface area contributed by atoms with Gasteiger partial charge in [-0.3, -0.25) is 4.79 Å². The van der Waals surface area contributed by atoms with Gasteiger partial charge in [-0.05, 0) is 24.0 Å². The van der Waals surface area contributed by atoms with Gasteiger partial charge in [-0.2, -0.15) is 26.3 Å². The first-order valence-corrected chi connectivity index (χ1v) is 6.01. The number of hydrogen-bond donors (Lipinski definition) is 0. The topological polar surface area (TPSA) is 17.1 Å². The Hall–Kier alpha value is -1.18. The van der Waals surface area contributed by atoms with Crippen LogP contribution in [0.2, 0.25) is 0 Å². The molecule has 0 bridgehead atoms. The van der Waals surface area contributed by atoms with E-state index in [-0.39, 0.29) is 11.8 Å². The van der Waals surface area contributed by atoms with Gasteiger partial charge < -0.3 is 0 Å². The Morgan fingerprint density at radius 1 is 1.00 bits per heavy atom. The molecule has 0 unspecified atom stereocenters. The van der Waals surface area contributed by atoms with Crippen molar-refractivity contribution in [1.29, 1.82) is 0 Å². The fourth-order valence-corrected chi connectivity index (χ4v) is 1.83. The van der Waals surface area contributed by atoms with Crippen LogP contribution in [-0.2, 0) is 12.4 Å². The highest BCUT2D eigenvalue weighted by molar-refractivity contribution is 8.14. The van der Waals surface area contributed by atoms with Crippen molar-refractivity contribution in [2.24, 2.45) is 0 Å². The number of hydrogen-bond acceptors (Lipinski definition) is 2. The first-order chi connectivity index (χ1) is 8.55. The lowest BCUT2D eigenvalue weighted by Gasteiger charge is -2.13. The Labute approximate surface area is 109 Å². The summed E-state index contributed by atoms with van der Waals surface area (Å²) in [5.41, 5.74) is -3.57. The summed E-state index contributed by atoms with van der Waals surface area (Å²) in [4.78, 5) is 11.4. The van der Waals surface area contributed by atoms with Crippen LogP contribution in [0.3, 0.4) is 0 Å². The standard InChI is InChI=1S/C11H8F6OS/c1-2-19-9(18)6-3-7(10(12,13)14)5-8(4-6)11(15,16)17/h3-5H,2H2,1H3. The van der Waals surface area contributed by atoms with Crippen molar-refractivity contribution < 1.29 is 31.1 Å². The molecule has 0 atom stereocenters. The van der Waals surface area contributed by atoms with E-state index in [4.69, 9.17) is 0 Å². The molecular formula is C11H8F6OS. The molecular weight excluding hydrogens is 294 g/mol. The second-order valence-corrected chi connectivity index (χ2v) is 4.75. The minimum Gasteiger partial charge on any atom is -0.282 e. The SMILES string of the molecule is CCSC(=O)c1cc(C(F)(F)F)cc(C(F)(F)F)c1. The Morgan fingerprint density at radius 2 is 1.42 bits per heavy atom. The van der Waals surface area contributed by atoms with Gasteiger partial charge in [0.05, 0.1) is 11.1 Å². The highest BCUT2D eigenvalue weighted by Gasteiger charge is 2.37. The lowest BCUT2D eigenvalue weighted by molar-refractivity contribution is -0.143. The Kier molecular flexibility index (Phi) is 4.54. The van der Waals surface area contributed by atoms with E-state index in [1.165, 1.54) is 0 Å². The molecule has 0 saturated heterocycles. The molecule has 0 aliphatic carbocycles. The number of carbonyl (C=O) groups excluding carboxylic acids is 1. The Balaban J connectivity index is 3.37. The second kappa shape index (κ2) is 5.44. The largest absolute Gasteiger partial charge is 0.416 e. The average molecular weight is 302 g/mol. The summed E-state index contributed by atoms with van der Waals surface area (Å²) < 4.78 is 75.0. The van der Waals surface area contributed by atoms with E-state index in [1.807, 2.05) is 0 Å². The van der Waals surface area contributed by atoms with Crippen LogP contribution >= 0.6 is 11.8 Å². The van der Waals surface area contributed by atoms with Gasteiger partial charge in [0.2, 0.25) is 5.12 Å². The molecule has 0 fully saturated rings. The number of halogens is 6. The molecule has 106 valence electrons. The lowest BCUT2D eigenvalue weighted by Crippen LogP contribution is -2.12. The van der Waals surface area contributed by atoms with Gasteiger partial charge in [-0.15, -0.1) is 0 Å². The molecule has 0 heterocycles. The van der Waals surface area contributed by atoms with E-state index >= 15 is 0 Å². The van der Waals surface area contributed by atoms with Gasteiger partial charge >= 0.3 is 12.4 Å². The van der Waals surface area contributed by atoms with E-state index in [2.05, 4.69) is 0 Å². The molecule has 1 aromatic carbocycles. The van der Waals surface area contributed by atoms with Crippen molar-refractivity contribution in [3.8, 4) is 0 Å². The molecule has 0 aliphatic rings. The molecule has 0 spiro atoms. The quantitative estimate of drug-likeness (QED) is 0.742. The van der Waals surface area contributed by atoms with Crippen LogP contribution in [0, 0.1) is 0 Å². The van der Waals surface area contributed by atoms with Crippen LogP contribution in [0.4, 0.5) is 26.3 Å². The summed E-state index contributed by atoms with van der Waals surface area (Å²) in [5.74, 6) is 0.260. The van der Waals surface area contributed by atoms with Crippen molar-refractivity contribution in [3.63, 3.8) is 0 Å². The number of rotatable bonds is 2. The molecule has 0 N–H and O–H groups in total. The van der Waals surface area contributed by atoms with Crippen molar-refractivity contribution in [3.05, 3.63) is 34.9 Å². The predicted octanol–water partition coefficient (Wildman–Crippen LogP) is 4.62. The second-order valence-electron chi connectivity index (χ2n) is 3.52. The summed E-state index contributed by atoms with van der Waals surface area (Å²) in [7, 11) is 0. The molecule has 0 saturated carbocycles. The lowest BCUT2D eigenvalue weighted by atomic mass is 10.1. The zero-order valence-corrected chi connectivity index (χ0v) is 10.3. The molecule has 0 aromatic heterocycles. The fourth-order valence-electron chi connectivity index (χ4n) is 1.29. The first kappa shape index (κ1) is 15.9. The summed E-state index contributed by atoms with van der Waals surface area (Å²) in [6.45, 7) is 1.57. The predicted molar refractivity (Wildman–Crippen MR) is 58.9 cm³/mol. The monoisotopic (exact) mass is 302 g/mol. The smallest absolute Gasteiger partial charge is 0.282 e. The third-order valence-corrected chi connectivity index (χ3v) is 2.89. The van der Waals surface area contributed by atoms with Gasteiger partial charge in [0, 0.05) is 5.56 Å². The molecule has 0 radical (unpaired) electrons. The molecule has 8 heteroatoms. The zero-order chi connectivity index (χ0) is 14.8. The zero-order valence-electron chi connectivity index (χ0n) is 9.52. The van der Waals surface area contributed by atoms with E-state index in [9.17, 15) is 31.1 Å². The van der Waals surface area contributed by atoms with Crippen molar-refractivity contribution in [1.82, 2.24) is 0 Å². The van der Waals surface area contributed by atoms with Gasteiger partial charge in [0.25, 0.3) is 0 Å². The average Bonchev–Trinajstić information content (AvgIpc) is 2.26. The summed E-state index contributed by atoms with van der Waals surface area (Å²) in [5, 5.41) is -0.820. The summed E-state index contributed by atoms with van der Waals surface area (Å²) >= 11 is 0.649. The first-order valence-electron chi connectivity index (χ1n) is 5.02. The van der Waals surface area contributed by atoms with E-state index < -0.39 is 34.2 Å². The van der Waals surface area contributed by atoms with E-state index in [0.29, 0.717) is 23.9 Å². The van der Waals surface area contributed by atoms with Crippen LogP contribution in [-0.4, -0.2) is 10.9 Å². The number of benzene rings is 1. The minimum absolute atomic E-state index is 0.00656. The molecule has 1 nitrogen and oxygen atoms in total. The molecule has 0 aliphatic heterocycles. The van der Waals surface area contributed by atoms with Crippen LogP contribution in [0.1, 0.15) is 28.4 Å². The Morgan fingerprint density at radius 3 is 1.74 bits per heavy atom. The third kappa shape index (κ3) is 4.15. The van der Waals surface area contributed by atoms with Crippen LogP contribution in [0.15, 0.2) is 18.2 Å². The summed E-state index contributed by atoms with van der Waals surface area (Å²) in [6.07, 6.45) is -9.87. The van der Waals surface area contributed by atoms with Crippen molar-refractivity contribution in [2.75, 3.05) is 5.75 Å². The van der Waals surface area contributed by atoms with Crippen molar-refractivity contribution in [2.45, 2.75) is 19.3 Å². The molecule has 1 aromatic rings. The van der Waals surface area contributed by atoms with Crippen LogP contribution < -0.4 is 0 Å². The van der Waals surface area contributed by atoms with Crippen LogP contribution in [0.25, 0.3) is 0 Å². The summed E-state index contributed by atoms with van der Waals surface area (Å²) in [6, 6.07) is 0.855. The number of carbonyl (C=O) groups is 1. The minimum atomic E-state index is -4.94. The van der Waals surface area contributed by atoms with E-state index in [1.54, 1.807) is 6.92 Å². The normalized spacial score (nSPS) is 12.6. The van der Waals surface area contributed by atoms with Crippen molar-refractivity contribution >= 4 is 16.9 Å². The van der Waals surface area contributed by atoms with Gasteiger partial charge in [-0.25, -0.2) is 0 Å². The Bertz CT molecular complexity index is 445. The maximum absolute atomic E-state index is 12.5. The maximum atomic E-state index is 12.5. The number of thioether (sulfide) groups is 1. The maximum Gasteiger partial charge on any atom is 0.416 e. The van der Waals surface area contributed by atoms with Gasteiger partial charge in [0.15, 0.2) is 0 Å².